The van der Waals surface area contributed by atoms with Crippen LogP contribution in [0.3, 0.4) is 0 Å². The Morgan fingerprint density at radius 3 is 2.68 bits per heavy atom. The molecule has 0 saturated heterocycles. The normalized spacial score (nSPS) is 10.5. The molecule has 7 nitrogen and oxygen atoms in total. The minimum atomic E-state index is -0.437. The molecule has 1 amide bonds. The standard InChI is InChI=1S/C17H22N4O3S/c1-3-8-14-18-17(20-19-14)25-12-15(22)21(11-16(23)24-4-2)13-9-6-5-7-10-13/h5-7,9-10H,3-4,8,11-12H2,1-2H3,(H,18,19,20). The number of nitrogens with one attached hydrogen (secondary N) is 1. The largest absolute Gasteiger partial charge is 0.465 e. The van der Waals surface area contributed by atoms with Crippen molar-refractivity contribution in [3.8, 4) is 0 Å². The molecule has 0 aliphatic heterocycles. The van der Waals surface area contributed by atoms with Crippen LogP contribution in [0.2, 0.25) is 0 Å². The highest BCUT2D eigenvalue weighted by molar-refractivity contribution is 7.99. The van der Waals surface area contributed by atoms with Crippen molar-refractivity contribution in [2.24, 2.45) is 0 Å². The first-order chi connectivity index (χ1) is 12.1. The third-order valence-corrected chi connectivity index (χ3v) is 4.12. The van der Waals surface area contributed by atoms with Gasteiger partial charge in [0.1, 0.15) is 12.4 Å². The van der Waals surface area contributed by atoms with Gasteiger partial charge in [0, 0.05) is 12.1 Å². The predicted molar refractivity (Wildman–Crippen MR) is 96.5 cm³/mol. The van der Waals surface area contributed by atoms with Gasteiger partial charge >= 0.3 is 5.97 Å². The Labute approximate surface area is 151 Å². The van der Waals surface area contributed by atoms with Gasteiger partial charge in [-0.25, -0.2) is 4.98 Å². The second-order valence-electron chi connectivity index (χ2n) is 5.22. The van der Waals surface area contributed by atoms with E-state index in [1.807, 2.05) is 18.2 Å². The van der Waals surface area contributed by atoms with Gasteiger partial charge < -0.3 is 9.64 Å². The van der Waals surface area contributed by atoms with Gasteiger partial charge in [-0.2, -0.15) is 0 Å². The fourth-order valence-electron chi connectivity index (χ4n) is 2.16. The fraction of sp³-hybridized carbons (Fsp3) is 0.412. The number of anilines is 1. The summed E-state index contributed by atoms with van der Waals surface area (Å²) in [5.41, 5.74) is 0.655. The Morgan fingerprint density at radius 1 is 1.24 bits per heavy atom. The summed E-state index contributed by atoms with van der Waals surface area (Å²) in [7, 11) is 0. The topological polar surface area (TPSA) is 88.2 Å². The summed E-state index contributed by atoms with van der Waals surface area (Å²) < 4.78 is 4.97. The van der Waals surface area contributed by atoms with Crippen LogP contribution in [0.4, 0.5) is 5.69 Å². The van der Waals surface area contributed by atoms with Crippen molar-refractivity contribution in [2.75, 3.05) is 23.8 Å². The van der Waals surface area contributed by atoms with Crippen LogP contribution in [0, 0.1) is 0 Å². The van der Waals surface area contributed by atoms with Gasteiger partial charge in [-0.05, 0) is 25.5 Å². The second-order valence-corrected chi connectivity index (χ2v) is 6.17. The van der Waals surface area contributed by atoms with E-state index in [0.717, 1.165) is 18.7 Å². The van der Waals surface area contributed by atoms with Crippen molar-refractivity contribution < 1.29 is 14.3 Å². The maximum absolute atomic E-state index is 12.6. The Kier molecular flexibility index (Phi) is 7.46. The first-order valence-electron chi connectivity index (χ1n) is 8.19. The lowest BCUT2D eigenvalue weighted by Crippen LogP contribution is -2.37. The van der Waals surface area contributed by atoms with Crippen molar-refractivity contribution in [1.29, 1.82) is 0 Å². The van der Waals surface area contributed by atoms with Crippen LogP contribution >= 0.6 is 11.8 Å². The van der Waals surface area contributed by atoms with Gasteiger partial charge in [0.25, 0.3) is 0 Å². The molecule has 0 atom stereocenters. The van der Waals surface area contributed by atoms with E-state index in [0.29, 0.717) is 10.8 Å². The summed E-state index contributed by atoms with van der Waals surface area (Å²) in [6, 6.07) is 9.07. The summed E-state index contributed by atoms with van der Waals surface area (Å²) in [4.78, 5) is 30.2. The number of carbonyl (C=O) groups excluding carboxylic acids is 2. The van der Waals surface area contributed by atoms with E-state index >= 15 is 0 Å². The van der Waals surface area contributed by atoms with Gasteiger partial charge in [0.2, 0.25) is 11.1 Å². The highest BCUT2D eigenvalue weighted by atomic mass is 32.2. The molecule has 0 bridgehead atoms. The zero-order valence-corrected chi connectivity index (χ0v) is 15.2. The van der Waals surface area contributed by atoms with Gasteiger partial charge in [-0.1, -0.05) is 36.9 Å². The first kappa shape index (κ1) is 19.0. The summed E-state index contributed by atoms with van der Waals surface area (Å²) >= 11 is 1.24. The number of hydrogen-bond donors (Lipinski definition) is 1. The molecule has 0 spiro atoms. The molecule has 25 heavy (non-hydrogen) atoms. The molecule has 0 aliphatic rings. The smallest absolute Gasteiger partial charge is 0.326 e. The lowest BCUT2D eigenvalue weighted by atomic mass is 10.3. The molecular formula is C17H22N4O3S. The Morgan fingerprint density at radius 2 is 2.00 bits per heavy atom. The second kappa shape index (κ2) is 9.83. The summed E-state index contributed by atoms with van der Waals surface area (Å²) in [6.45, 7) is 3.96. The van der Waals surface area contributed by atoms with Crippen molar-refractivity contribution >= 4 is 29.3 Å². The minimum absolute atomic E-state index is 0.119. The van der Waals surface area contributed by atoms with Crippen molar-refractivity contribution in [3.05, 3.63) is 36.2 Å². The quantitative estimate of drug-likeness (QED) is 0.544. The van der Waals surface area contributed by atoms with Crippen molar-refractivity contribution in [2.45, 2.75) is 31.8 Å². The summed E-state index contributed by atoms with van der Waals surface area (Å²) in [5.74, 6) is 0.306. The van der Waals surface area contributed by atoms with Crippen molar-refractivity contribution in [3.63, 3.8) is 0 Å². The number of hydrogen-bond acceptors (Lipinski definition) is 6. The number of aromatic nitrogens is 3. The number of para-hydroxylation sites is 1. The molecule has 2 aromatic rings. The molecule has 0 radical (unpaired) electrons. The molecule has 0 fully saturated rings. The first-order valence-corrected chi connectivity index (χ1v) is 9.17. The monoisotopic (exact) mass is 362 g/mol. The third kappa shape index (κ3) is 5.90. The highest BCUT2D eigenvalue weighted by Crippen LogP contribution is 2.18. The molecule has 134 valence electrons. The van der Waals surface area contributed by atoms with E-state index in [1.54, 1.807) is 19.1 Å². The van der Waals surface area contributed by atoms with Crippen LogP contribution in [0.1, 0.15) is 26.1 Å². The number of H-pyrrole nitrogens is 1. The third-order valence-electron chi connectivity index (χ3n) is 3.28. The van der Waals surface area contributed by atoms with Gasteiger partial charge in [0.15, 0.2) is 0 Å². The van der Waals surface area contributed by atoms with E-state index < -0.39 is 5.97 Å². The maximum atomic E-state index is 12.6. The Balaban J connectivity index is 2.02. The lowest BCUT2D eigenvalue weighted by Gasteiger charge is -2.21. The lowest BCUT2D eigenvalue weighted by molar-refractivity contribution is -0.142. The van der Waals surface area contributed by atoms with Crippen LogP contribution in [0.25, 0.3) is 0 Å². The fourth-order valence-corrected chi connectivity index (χ4v) is 2.86. The number of carbonyl (C=O) groups is 2. The molecular weight excluding hydrogens is 340 g/mol. The van der Waals surface area contributed by atoms with E-state index in [9.17, 15) is 9.59 Å². The number of thioether (sulfide) groups is 1. The van der Waals surface area contributed by atoms with Crippen LogP contribution in [-0.4, -0.2) is 46.0 Å². The number of aromatic amines is 1. The molecule has 0 saturated carbocycles. The zero-order chi connectivity index (χ0) is 18.1. The highest BCUT2D eigenvalue weighted by Gasteiger charge is 2.20. The number of amides is 1. The number of ether oxygens (including phenoxy) is 1. The van der Waals surface area contributed by atoms with Gasteiger partial charge in [-0.3, -0.25) is 14.7 Å². The predicted octanol–water partition coefficient (Wildman–Crippen LogP) is 2.45. The van der Waals surface area contributed by atoms with E-state index in [1.165, 1.54) is 16.7 Å². The molecule has 1 aromatic carbocycles. The number of rotatable bonds is 9. The Bertz CT molecular complexity index is 690. The van der Waals surface area contributed by atoms with Crippen LogP contribution in [-0.2, 0) is 20.7 Å². The Hall–Kier alpha value is -2.35. The molecule has 0 unspecified atom stereocenters. The molecule has 1 aromatic heterocycles. The van der Waals surface area contributed by atoms with Crippen LogP contribution < -0.4 is 4.90 Å². The van der Waals surface area contributed by atoms with Crippen LogP contribution in [0.5, 0.6) is 0 Å². The molecule has 1 heterocycles. The molecule has 0 aliphatic carbocycles. The van der Waals surface area contributed by atoms with Crippen molar-refractivity contribution in [1.82, 2.24) is 15.2 Å². The number of benzene rings is 1. The van der Waals surface area contributed by atoms with Crippen LogP contribution in [0.15, 0.2) is 35.5 Å². The van der Waals surface area contributed by atoms with E-state index in [2.05, 4.69) is 22.1 Å². The number of esters is 1. The van der Waals surface area contributed by atoms with Gasteiger partial charge in [0.05, 0.1) is 12.4 Å². The number of aryl methyl sites for hydroxylation is 1. The SMILES string of the molecule is CCCc1nc(SCC(=O)N(CC(=O)OCC)c2ccccc2)n[nH]1. The maximum Gasteiger partial charge on any atom is 0.326 e. The average molecular weight is 362 g/mol. The average Bonchev–Trinajstić information content (AvgIpc) is 3.06. The summed E-state index contributed by atoms with van der Waals surface area (Å²) in [5, 5.41) is 7.48. The minimum Gasteiger partial charge on any atom is -0.465 e. The summed E-state index contributed by atoms with van der Waals surface area (Å²) in [6.07, 6.45) is 1.79. The van der Waals surface area contributed by atoms with Gasteiger partial charge in [-0.15, -0.1) is 5.10 Å². The molecule has 2 rings (SSSR count). The van der Waals surface area contributed by atoms with E-state index in [4.69, 9.17) is 4.74 Å². The van der Waals surface area contributed by atoms with E-state index in [-0.39, 0.29) is 24.8 Å². The molecule has 1 N–H and O–H groups in total. The zero-order valence-electron chi connectivity index (χ0n) is 14.4. The number of nitrogens with zero attached hydrogens (tertiary/aromatic N) is 3. The molecule has 8 heteroatoms.